The lowest BCUT2D eigenvalue weighted by Gasteiger charge is -2.10. The quantitative estimate of drug-likeness (QED) is 0.797. The van der Waals surface area contributed by atoms with Crippen LogP contribution in [0.1, 0.15) is 17.0 Å². The van der Waals surface area contributed by atoms with Crippen molar-refractivity contribution in [3.63, 3.8) is 0 Å². The van der Waals surface area contributed by atoms with Gasteiger partial charge in [-0.25, -0.2) is 14.5 Å². The van der Waals surface area contributed by atoms with Gasteiger partial charge in [0.1, 0.15) is 11.6 Å². The summed E-state index contributed by atoms with van der Waals surface area (Å²) in [6.07, 6.45) is 4.01. The molecule has 22 heavy (non-hydrogen) atoms. The summed E-state index contributed by atoms with van der Waals surface area (Å²) < 4.78 is 6.79. The van der Waals surface area contributed by atoms with Crippen molar-refractivity contribution in [2.24, 2.45) is 0 Å². The molecule has 0 amide bonds. The lowest BCUT2D eigenvalue weighted by atomic mass is 10.1. The van der Waals surface area contributed by atoms with Gasteiger partial charge in [-0.3, -0.25) is 4.98 Å². The second-order valence-electron chi connectivity index (χ2n) is 4.97. The predicted octanol–water partition coefficient (Wildman–Crippen LogP) is 1.86. The second kappa shape index (κ2) is 5.85. The van der Waals surface area contributed by atoms with Gasteiger partial charge < -0.3 is 4.74 Å². The molecule has 0 saturated heterocycles. The lowest BCUT2D eigenvalue weighted by molar-refractivity contribution is 0.414. The number of aromatic nitrogens is 4. The van der Waals surface area contributed by atoms with E-state index in [1.165, 1.54) is 0 Å². The minimum Gasteiger partial charge on any atom is -0.497 e. The Bertz CT molecular complexity index is 837. The maximum Gasteiger partial charge on any atom is 0.347 e. The SMILES string of the molecule is COc1ccc(-n2c(Cc3cccnc3)n[nH]c2=O)c(C)c1. The first-order valence-electron chi connectivity index (χ1n) is 6.89. The number of ether oxygens (including phenoxy) is 1. The van der Waals surface area contributed by atoms with Crippen LogP contribution < -0.4 is 10.4 Å². The van der Waals surface area contributed by atoms with E-state index in [1.807, 2.05) is 37.3 Å². The molecular formula is C16H16N4O2. The topological polar surface area (TPSA) is 72.8 Å². The van der Waals surface area contributed by atoms with Crippen molar-refractivity contribution in [1.29, 1.82) is 0 Å². The fourth-order valence-electron chi connectivity index (χ4n) is 2.39. The van der Waals surface area contributed by atoms with Crippen LogP contribution in [0, 0.1) is 6.92 Å². The average Bonchev–Trinajstić information content (AvgIpc) is 2.89. The summed E-state index contributed by atoms with van der Waals surface area (Å²) in [5.41, 5.74) is 2.47. The third kappa shape index (κ3) is 2.63. The van der Waals surface area contributed by atoms with Crippen LogP contribution in [0.2, 0.25) is 0 Å². The standard InChI is InChI=1S/C16H16N4O2/c1-11-8-13(22-2)5-6-14(11)20-15(18-19-16(20)21)9-12-4-3-7-17-10-12/h3-8,10H,9H2,1-2H3,(H,19,21). The van der Waals surface area contributed by atoms with Gasteiger partial charge in [0.05, 0.1) is 12.8 Å². The normalized spacial score (nSPS) is 10.6. The van der Waals surface area contributed by atoms with E-state index in [4.69, 9.17) is 4.74 Å². The first-order valence-corrected chi connectivity index (χ1v) is 6.89. The number of aromatic amines is 1. The molecular weight excluding hydrogens is 280 g/mol. The summed E-state index contributed by atoms with van der Waals surface area (Å²) in [4.78, 5) is 16.2. The van der Waals surface area contributed by atoms with E-state index in [2.05, 4.69) is 15.2 Å². The van der Waals surface area contributed by atoms with Crippen molar-refractivity contribution in [1.82, 2.24) is 19.7 Å². The van der Waals surface area contributed by atoms with Crippen molar-refractivity contribution in [3.05, 3.63) is 70.2 Å². The van der Waals surface area contributed by atoms with Gasteiger partial charge in [0, 0.05) is 18.8 Å². The molecule has 1 N–H and O–H groups in total. The van der Waals surface area contributed by atoms with Gasteiger partial charge >= 0.3 is 5.69 Å². The molecule has 0 fully saturated rings. The fraction of sp³-hybridized carbons (Fsp3) is 0.188. The zero-order chi connectivity index (χ0) is 15.5. The summed E-state index contributed by atoms with van der Waals surface area (Å²) in [5, 5.41) is 6.66. The van der Waals surface area contributed by atoms with Crippen LogP contribution >= 0.6 is 0 Å². The molecule has 0 aliphatic heterocycles. The largest absolute Gasteiger partial charge is 0.497 e. The first kappa shape index (κ1) is 14.1. The molecule has 0 radical (unpaired) electrons. The Kier molecular flexibility index (Phi) is 3.74. The van der Waals surface area contributed by atoms with E-state index in [-0.39, 0.29) is 5.69 Å². The predicted molar refractivity (Wildman–Crippen MR) is 82.5 cm³/mol. The van der Waals surface area contributed by atoms with E-state index in [9.17, 15) is 4.79 Å². The van der Waals surface area contributed by atoms with Crippen LogP contribution in [-0.4, -0.2) is 26.9 Å². The van der Waals surface area contributed by atoms with Gasteiger partial charge in [0.2, 0.25) is 0 Å². The van der Waals surface area contributed by atoms with Gasteiger partial charge in [0.15, 0.2) is 0 Å². The highest BCUT2D eigenvalue weighted by atomic mass is 16.5. The zero-order valence-corrected chi connectivity index (χ0v) is 12.4. The Morgan fingerprint density at radius 2 is 2.18 bits per heavy atom. The van der Waals surface area contributed by atoms with E-state index in [0.717, 1.165) is 22.6 Å². The average molecular weight is 296 g/mol. The van der Waals surface area contributed by atoms with Crippen LogP contribution in [0.3, 0.4) is 0 Å². The fourth-order valence-corrected chi connectivity index (χ4v) is 2.39. The number of hydrogen-bond donors (Lipinski definition) is 1. The van der Waals surface area contributed by atoms with Gasteiger partial charge in [-0.1, -0.05) is 6.07 Å². The molecule has 2 heterocycles. The summed E-state index contributed by atoms with van der Waals surface area (Å²) >= 11 is 0. The monoisotopic (exact) mass is 296 g/mol. The number of methoxy groups -OCH3 is 1. The Hall–Kier alpha value is -2.89. The van der Waals surface area contributed by atoms with E-state index in [1.54, 1.807) is 24.1 Å². The second-order valence-corrected chi connectivity index (χ2v) is 4.97. The van der Waals surface area contributed by atoms with Crippen LogP contribution in [-0.2, 0) is 6.42 Å². The maximum absolute atomic E-state index is 12.1. The lowest BCUT2D eigenvalue weighted by Crippen LogP contribution is -2.18. The van der Waals surface area contributed by atoms with Gasteiger partial charge in [-0.05, 0) is 42.3 Å². The van der Waals surface area contributed by atoms with Crippen molar-refractivity contribution < 1.29 is 4.74 Å². The van der Waals surface area contributed by atoms with Crippen molar-refractivity contribution in [2.45, 2.75) is 13.3 Å². The van der Waals surface area contributed by atoms with Crippen LogP contribution in [0.5, 0.6) is 5.75 Å². The minimum absolute atomic E-state index is 0.257. The molecule has 0 spiro atoms. The molecule has 3 rings (SSSR count). The Morgan fingerprint density at radius 1 is 1.32 bits per heavy atom. The molecule has 0 aliphatic rings. The van der Waals surface area contributed by atoms with Crippen LogP contribution in [0.25, 0.3) is 5.69 Å². The van der Waals surface area contributed by atoms with E-state index >= 15 is 0 Å². The third-order valence-corrected chi connectivity index (χ3v) is 3.47. The third-order valence-electron chi connectivity index (χ3n) is 3.47. The number of pyridine rings is 1. The van der Waals surface area contributed by atoms with Crippen molar-refractivity contribution in [3.8, 4) is 11.4 Å². The Labute approximate surface area is 127 Å². The zero-order valence-electron chi connectivity index (χ0n) is 12.4. The molecule has 6 heteroatoms. The van der Waals surface area contributed by atoms with E-state index in [0.29, 0.717) is 12.2 Å². The number of aryl methyl sites for hydroxylation is 1. The van der Waals surface area contributed by atoms with Gasteiger partial charge in [-0.2, -0.15) is 5.10 Å². The molecule has 0 bridgehead atoms. The molecule has 2 aromatic heterocycles. The Morgan fingerprint density at radius 3 is 2.86 bits per heavy atom. The number of H-pyrrole nitrogens is 1. The molecule has 0 aliphatic carbocycles. The highest BCUT2D eigenvalue weighted by molar-refractivity contribution is 5.45. The summed E-state index contributed by atoms with van der Waals surface area (Å²) in [5.74, 6) is 1.40. The van der Waals surface area contributed by atoms with Crippen molar-refractivity contribution in [2.75, 3.05) is 7.11 Å². The minimum atomic E-state index is -0.257. The molecule has 3 aromatic rings. The Balaban J connectivity index is 2.04. The highest BCUT2D eigenvalue weighted by Crippen LogP contribution is 2.20. The van der Waals surface area contributed by atoms with Crippen molar-refractivity contribution >= 4 is 0 Å². The molecule has 1 aromatic carbocycles. The summed E-state index contributed by atoms with van der Waals surface area (Å²) in [6, 6.07) is 9.40. The molecule has 0 atom stereocenters. The number of hydrogen-bond acceptors (Lipinski definition) is 4. The van der Waals surface area contributed by atoms with Crippen LogP contribution in [0.15, 0.2) is 47.5 Å². The molecule has 0 unspecified atom stereocenters. The molecule has 6 nitrogen and oxygen atoms in total. The van der Waals surface area contributed by atoms with E-state index < -0.39 is 0 Å². The molecule has 0 saturated carbocycles. The number of nitrogens with one attached hydrogen (secondary N) is 1. The van der Waals surface area contributed by atoms with Crippen LogP contribution in [0.4, 0.5) is 0 Å². The van der Waals surface area contributed by atoms with Gasteiger partial charge in [0.25, 0.3) is 0 Å². The number of benzene rings is 1. The summed E-state index contributed by atoms with van der Waals surface area (Å²) in [7, 11) is 1.62. The number of rotatable bonds is 4. The van der Waals surface area contributed by atoms with Gasteiger partial charge in [-0.15, -0.1) is 0 Å². The highest BCUT2D eigenvalue weighted by Gasteiger charge is 2.13. The number of nitrogens with zero attached hydrogens (tertiary/aromatic N) is 3. The first-order chi connectivity index (χ1) is 10.7. The summed E-state index contributed by atoms with van der Waals surface area (Å²) in [6.45, 7) is 1.94. The maximum atomic E-state index is 12.1. The molecule has 112 valence electrons. The smallest absolute Gasteiger partial charge is 0.347 e.